The van der Waals surface area contributed by atoms with Crippen LogP contribution in [0.4, 0.5) is 11.4 Å². The van der Waals surface area contributed by atoms with E-state index in [-0.39, 0.29) is 12.2 Å². The van der Waals surface area contributed by atoms with E-state index in [1.54, 1.807) is 30.3 Å². The zero-order chi connectivity index (χ0) is 17.7. The molecule has 24 heavy (non-hydrogen) atoms. The van der Waals surface area contributed by atoms with E-state index in [9.17, 15) is 15.2 Å². The van der Waals surface area contributed by atoms with Gasteiger partial charge in [0.2, 0.25) is 0 Å². The highest BCUT2D eigenvalue weighted by Crippen LogP contribution is 2.30. The second kappa shape index (κ2) is 7.98. The Kier molecular flexibility index (Phi) is 5.99. The SMILES string of the molecule is COc1cc(OC)cc(C(O)CNc2cc(Br)ccc2[N+](=O)[O-])c1. The van der Waals surface area contributed by atoms with E-state index in [4.69, 9.17) is 9.47 Å². The molecule has 128 valence electrons. The van der Waals surface area contributed by atoms with Gasteiger partial charge in [0.1, 0.15) is 17.2 Å². The molecule has 2 aromatic carbocycles. The lowest BCUT2D eigenvalue weighted by molar-refractivity contribution is -0.384. The molecule has 0 bridgehead atoms. The average Bonchev–Trinajstić information content (AvgIpc) is 2.58. The molecule has 1 atom stereocenters. The summed E-state index contributed by atoms with van der Waals surface area (Å²) in [6, 6.07) is 9.65. The highest BCUT2D eigenvalue weighted by molar-refractivity contribution is 9.10. The largest absolute Gasteiger partial charge is 0.497 e. The normalized spacial score (nSPS) is 11.7. The quantitative estimate of drug-likeness (QED) is 0.549. The van der Waals surface area contributed by atoms with Gasteiger partial charge in [-0.25, -0.2) is 0 Å². The Bertz CT molecular complexity index is 716. The van der Waals surface area contributed by atoms with Crippen molar-refractivity contribution in [1.82, 2.24) is 0 Å². The van der Waals surface area contributed by atoms with Crippen molar-refractivity contribution in [3.05, 3.63) is 56.5 Å². The molecular weight excluding hydrogens is 380 g/mol. The lowest BCUT2D eigenvalue weighted by Gasteiger charge is -2.15. The highest BCUT2D eigenvalue weighted by atomic mass is 79.9. The Morgan fingerprint density at radius 3 is 2.38 bits per heavy atom. The molecular formula is C16H17BrN2O5. The number of nitro benzene ring substituents is 1. The molecule has 0 saturated heterocycles. The summed E-state index contributed by atoms with van der Waals surface area (Å²) < 4.78 is 11.0. The zero-order valence-electron chi connectivity index (χ0n) is 13.2. The van der Waals surface area contributed by atoms with Crippen molar-refractivity contribution in [1.29, 1.82) is 0 Å². The molecule has 0 fully saturated rings. The third-order valence-corrected chi connectivity index (χ3v) is 3.89. The number of nitrogens with one attached hydrogen (secondary N) is 1. The fourth-order valence-corrected chi connectivity index (χ4v) is 2.52. The van der Waals surface area contributed by atoms with Gasteiger partial charge in [0, 0.05) is 23.2 Å². The van der Waals surface area contributed by atoms with Crippen LogP contribution in [0.5, 0.6) is 11.5 Å². The second-order valence-electron chi connectivity index (χ2n) is 4.96. The number of nitro groups is 1. The summed E-state index contributed by atoms with van der Waals surface area (Å²) in [5.41, 5.74) is 0.841. The molecule has 7 nitrogen and oxygen atoms in total. The van der Waals surface area contributed by atoms with Crippen LogP contribution in [0.25, 0.3) is 0 Å². The van der Waals surface area contributed by atoms with Gasteiger partial charge >= 0.3 is 0 Å². The minimum absolute atomic E-state index is 0.0615. The van der Waals surface area contributed by atoms with Gasteiger partial charge in [-0.3, -0.25) is 10.1 Å². The Morgan fingerprint density at radius 2 is 1.83 bits per heavy atom. The standard InChI is InChI=1S/C16H17BrN2O5/c1-23-12-5-10(6-13(8-12)24-2)16(20)9-18-14-7-11(17)3-4-15(14)19(21)22/h3-8,16,18,20H,9H2,1-2H3. The van der Waals surface area contributed by atoms with Crippen LogP contribution in [0, 0.1) is 10.1 Å². The summed E-state index contributed by atoms with van der Waals surface area (Å²) in [7, 11) is 3.04. The maximum atomic E-state index is 11.1. The molecule has 0 aliphatic heterocycles. The van der Waals surface area contributed by atoms with Crippen molar-refractivity contribution in [3.63, 3.8) is 0 Å². The fraction of sp³-hybridized carbons (Fsp3) is 0.250. The Balaban J connectivity index is 2.18. The average molecular weight is 397 g/mol. The molecule has 0 amide bonds. The van der Waals surface area contributed by atoms with Crippen molar-refractivity contribution >= 4 is 27.3 Å². The molecule has 0 aliphatic carbocycles. The number of nitrogens with zero attached hydrogens (tertiary/aromatic N) is 1. The molecule has 0 radical (unpaired) electrons. The highest BCUT2D eigenvalue weighted by Gasteiger charge is 2.16. The van der Waals surface area contributed by atoms with Gasteiger partial charge < -0.3 is 19.9 Å². The summed E-state index contributed by atoms with van der Waals surface area (Å²) in [4.78, 5) is 10.6. The van der Waals surface area contributed by atoms with Crippen molar-refractivity contribution in [2.24, 2.45) is 0 Å². The number of rotatable bonds is 7. The van der Waals surface area contributed by atoms with Crippen molar-refractivity contribution in [3.8, 4) is 11.5 Å². The van der Waals surface area contributed by atoms with Gasteiger partial charge in [-0.15, -0.1) is 0 Å². The van der Waals surface area contributed by atoms with Gasteiger partial charge in [0.05, 0.1) is 25.2 Å². The number of benzene rings is 2. The van der Waals surface area contributed by atoms with Gasteiger partial charge in [0.25, 0.3) is 5.69 Å². The van der Waals surface area contributed by atoms with Crippen LogP contribution in [0.15, 0.2) is 40.9 Å². The van der Waals surface area contributed by atoms with Crippen LogP contribution in [0.3, 0.4) is 0 Å². The van der Waals surface area contributed by atoms with Crippen LogP contribution >= 0.6 is 15.9 Å². The number of halogens is 1. The van der Waals surface area contributed by atoms with Gasteiger partial charge in [-0.1, -0.05) is 15.9 Å². The number of anilines is 1. The summed E-state index contributed by atoms with van der Waals surface area (Å²) >= 11 is 3.28. The van der Waals surface area contributed by atoms with Gasteiger partial charge in [0.15, 0.2) is 0 Å². The Hall–Kier alpha value is -2.32. The molecule has 0 heterocycles. The summed E-state index contributed by atoms with van der Waals surface area (Å²) in [6.07, 6.45) is -0.896. The van der Waals surface area contributed by atoms with E-state index in [1.165, 1.54) is 20.3 Å². The van der Waals surface area contributed by atoms with E-state index in [2.05, 4.69) is 21.2 Å². The summed E-state index contributed by atoms with van der Waals surface area (Å²) in [5.74, 6) is 1.11. The number of hydrogen-bond acceptors (Lipinski definition) is 6. The lowest BCUT2D eigenvalue weighted by atomic mass is 10.1. The zero-order valence-corrected chi connectivity index (χ0v) is 14.7. The Morgan fingerprint density at radius 1 is 1.21 bits per heavy atom. The maximum Gasteiger partial charge on any atom is 0.292 e. The number of hydrogen-bond donors (Lipinski definition) is 2. The fourth-order valence-electron chi connectivity index (χ4n) is 2.16. The van der Waals surface area contributed by atoms with Crippen molar-refractivity contribution in [2.75, 3.05) is 26.1 Å². The monoisotopic (exact) mass is 396 g/mol. The molecule has 1 unspecified atom stereocenters. The molecule has 2 rings (SSSR count). The summed E-state index contributed by atoms with van der Waals surface area (Å²) in [5, 5.41) is 24.3. The van der Waals surface area contributed by atoms with Crippen LogP contribution in [0.2, 0.25) is 0 Å². The predicted octanol–water partition coefficient (Wildman–Crippen LogP) is 3.52. The van der Waals surface area contributed by atoms with E-state index in [0.717, 1.165) is 0 Å². The number of aliphatic hydroxyl groups is 1. The number of ether oxygens (including phenoxy) is 2. The third kappa shape index (κ3) is 4.36. The van der Waals surface area contributed by atoms with Crippen LogP contribution < -0.4 is 14.8 Å². The molecule has 8 heteroatoms. The first-order valence-electron chi connectivity index (χ1n) is 7.03. The molecule has 2 N–H and O–H groups in total. The molecule has 0 spiro atoms. The van der Waals surface area contributed by atoms with Crippen molar-refractivity contribution in [2.45, 2.75) is 6.10 Å². The molecule has 0 aromatic heterocycles. The van der Waals surface area contributed by atoms with E-state index < -0.39 is 11.0 Å². The maximum absolute atomic E-state index is 11.1. The van der Waals surface area contributed by atoms with Crippen LogP contribution in [-0.2, 0) is 0 Å². The van der Waals surface area contributed by atoms with Crippen LogP contribution in [-0.4, -0.2) is 30.8 Å². The smallest absolute Gasteiger partial charge is 0.292 e. The summed E-state index contributed by atoms with van der Waals surface area (Å²) in [6.45, 7) is 0.0909. The number of methoxy groups -OCH3 is 2. The first-order chi connectivity index (χ1) is 11.4. The van der Waals surface area contributed by atoms with Gasteiger partial charge in [-0.2, -0.15) is 0 Å². The molecule has 2 aromatic rings. The van der Waals surface area contributed by atoms with E-state index in [1.807, 2.05) is 0 Å². The topological polar surface area (TPSA) is 93.9 Å². The Labute approximate surface area is 147 Å². The molecule has 0 aliphatic rings. The predicted molar refractivity (Wildman–Crippen MR) is 93.8 cm³/mol. The van der Waals surface area contributed by atoms with Crippen molar-refractivity contribution < 1.29 is 19.5 Å². The van der Waals surface area contributed by atoms with Crippen LogP contribution in [0.1, 0.15) is 11.7 Å². The second-order valence-corrected chi connectivity index (χ2v) is 5.88. The first kappa shape index (κ1) is 18.0. The molecule has 0 saturated carbocycles. The van der Waals surface area contributed by atoms with E-state index >= 15 is 0 Å². The third-order valence-electron chi connectivity index (χ3n) is 3.40. The van der Waals surface area contributed by atoms with E-state index in [0.29, 0.717) is 27.2 Å². The van der Waals surface area contributed by atoms with Gasteiger partial charge in [-0.05, 0) is 29.8 Å². The lowest BCUT2D eigenvalue weighted by Crippen LogP contribution is -2.13. The number of aliphatic hydroxyl groups excluding tert-OH is 1. The minimum Gasteiger partial charge on any atom is -0.497 e. The minimum atomic E-state index is -0.896. The first-order valence-corrected chi connectivity index (χ1v) is 7.82.